The van der Waals surface area contributed by atoms with Crippen LogP contribution in [0.5, 0.6) is 5.75 Å². The van der Waals surface area contributed by atoms with E-state index >= 15 is 0 Å². The Morgan fingerprint density at radius 2 is 2.25 bits per heavy atom. The van der Waals surface area contributed by atoms with E-state index in [1.165, 1.54) is 0 Å². The molecule has 2 nitrogen and oxygen atoms in total. The van der Waals surface area contributed by atoms with E-state index < -0.39 is 0 Å². The first kappa shape index (κ1) is 8.81. The van der Waals surface area contributed by atoms with Gasteiger partial charge in [0.25, 0.3) is 0 Å². The number of aromatic hydroxyl groups is 1. The molecule has 0 spiro atoms. The average molecular weight is 163 g/mol. The van der Waals surface area contributed by atoms with Gasteiger partial charge in [-0.2, -0.15) is 0 Å². The van der Waals surface area contributed by atoms with Gasteiger partial charge < -0.3 is 10.8 Å². The standard InChI is InChI=1S/C10H13NO/c1-3-10(11)9-5-4-8(12)6-7(9)2/h3-6,10,12H,1,11H2,2H3. The van der Waals surface area contributed by atoms with Crippen molar-refractivity contribution in [3.05, 3.63) is 42.0 Å². The molecule has 0 radical (unpaired) electrons. The van der Waals surface area contributed by atoms with Crippen LogP contribution in [-0.2, 0) is 0 Å². The number of hydrogen-bond donors (Lipinski definition) is 2. The highest BCUT2D eigenvalue weighted by Gasteiger charge is 2.04. The van der Waals surface area contributed by atoms with Crippen LogP contribution < -0.4 is 5.73 Å². The molecule has 0 amide bonds. The number of phenols is 1. The molecule has 0 saturated heterocycles. The second-order valence-electron chi connectivity index (χ2n) is 2.80. The van der Waals surface area contributed by atoms with Crippen LogP contribution in [0.15, 0.2) is 30.9 Å². The van der Waals surface area contributed by atoms with Gasteiger partial charge in [0, 0.05) is 6.04 Å². The van der Waals surface area contributed by atoms with Gasteiger partial charge in [0.2, 0.25) is 0 Å². The molecule has 0 heterocycles. The number of hydrogen-bond acceptors (Lipinski definition) is 2. The van der Waals surface area contributed by atoms with Gasteiger partial charge in [-0.1, -0.05) is 12.1 Å². The van der Waals surface area contributed by atoms with E-state index in [1.807, 2.05) is 13.0 Å². The first-order chi connectivity index (χ1) is 5.65. The van der Waals surface area contributed by atoms with E-state index in [1.54, 1.807) is 18.2 Å². The van der Waals surface area contributed by atoms with Crippen molar-refractivity contribution < 1.29 is 5.11 Å². The molecular formula is C10H13NO. The largest absolute Gasteiger partial charge is 0.508 e. The molecule has 1 rings (SSSR count). The molecule has 0 saturated carbocycles. The van der Waals surface area contributed by atoms with E-state index in [4.69, 9.17) is 10.8 Å². The van der Waals surface area contributed by atoms with Crippen molar-refractivity contribution in [1.29, 1.82) is 0 Å². The third-order valence-corrected chi connectivity index (χ3v) is 1.87. The van der Waals surface area contributed by atoms with Crippen molar-refractivity contribution in [3.8, 4) is 5.75 Å². The fraction of sp³-hybridized carbons (Fsp3) is 0.200. The highest BCUT2D eigenvalue weighted by Crippen LogP contribution is 2.20. The van der Waals surface area contributed by atoms with Crippen LogP contribution in [0.3, 0.4) is 0 Å². The Morgan fingerprint density at radius 1 is 1.58 bits per heavy atom. The van der Waals surface area contributed by atoms with E-state index in [0.29, 0.717) is 0 Å². The number of benzene rings is 1. The molecule has 2 heteroatoms. The summed E-state index contributed by atoms with van der Waals surface area (Å²) in [5.41, 5.74) is 7.74. The molecular weight excluding hydrogens is 150 g/mol. The molecule has 1 aromatic rings. The van der Waals surface area contributed by atoms with E-state index in [-0.39, 0.29) is 11.8 Å². The van der Waals surface area contributed by atoms with Crippen LogP contribution in [0.2, 0.25) is 0 Å². The molecule has 1 unspecified atom stereocenters. The molecule has 0 aliphatic carbocycles. The highest BCUT2D eigenvalue weighted by molar-refractivity contribution is 5.36. The number of aryl methyl sites for hydroxylation is 1. The molecule has 0 bridgehead atoms. The number of rotatable bonds is 2. The van der Waals surface area contributed by atoms with Crippen molar-refractivity contribution in [2.45, 2.75) is 13.0 Å². The molecule has 12 heavy (non-hydrogen) atoms. The van der Waals surface area contributed by atoms with Gasteiger partial charge in [0.15, 0.2) is 0 Å². The zero-order valence-electron chi connectivity index (χ0n) is 7.12. The van der Waals surface area contributed by atoms with E-state index in [2.05, 4.69) is 6.58 Å². The predicted molar refractivity (Wildman–Crippen MR) is 50.0 cm³/mol. The summed E-state index contributed by atoms with van der Waals surface area (Å²) in [7, 11) is 0. The van der Waals surface area contributed by atoms with Gasteiger partial charge in [-0.3, -0.25) is 0 Å². The molecule has 0 aliphatic heterocycles. The SMILES string of the molecule is C=CC(N)c1ccc(O)cc1C. The van der Waals surface area contributed by atoms with Gasteiger partial charge in [-0.15, -0.1) is 6.58 Å². The van der Waals surface area contributed by atoms with Gasteiger partial charge >= 0.3 is 0 Å². The summed E-state index contributed by atoms with van der Waals surface area (Å²) in [6.07, 6.45) is 1.68. The third kappa shape index (κ3) is 1.66. The minimum absolute atomic E-state index is 0.148. The summed E-state index contributed by atoms with van der Waals surface area (Å²) < 4.78 is 0. The van der Waals surface area contributed by atoms with Gasteiger partial charge in [-0.25, -0.2) is 0 Å². The summed E-state index contributed by atoms with van der Waals surface area (Å²) >= 11 is 0. The maximum Gasteiger partial charge on any atom is 0.115 e. The smallest absolute Gasteiger partial charge is 0.115 e. The zero-order chi connectivity index (χ0) is 9.14. The first-order valence-corrected chi connectivity index (χ1v) is 3.83. The van der Waals surface area contributed by atoms with Crippen LogP contribution in [0, 0.1) is 6.92 Å². The minimum Gasteiger partial charge on any atom is -0.508 e. The van der Waals surface area contributed by atoms with Crippen molar-refractivity contribution in [1.82, 2.24) is 0 Å². The molecule has 3 N–H and O–H groups in total. The lowest BCUT2D eigenvalue weighted by atomic mass is 10.0. The normalized spacial score (nSPS) is 12.5. The van der Waals surface area contributed by atoms with Crippen LogP contribution in [0.1, 0.15) is 17.2 Å². The van der Waals surface area contributed by atoms with Crippen LogP contribution >= 0.6 is 0 Å². The van der Waals surface area contributed by atoms with Crippen molar-refractivity contribution in [2.75, 3.05) is 0 Å². The Balaban J connectivity index is 3.09. The van der Waals surface area contributed by atoms with Gasteiger partial charge in [0.1, 0.15) is 5.75 Å². The lowest BCUT2D eigenvalue weighted by Gasteiger charge is -2.09. The fourth-order valence-electron chi connectivity index (χ4n) is 1.16. The van der Waals surface area contributed by atoms with E-state index in [9.17, 15) is 0 Å². The Hall–Kier alpha value is -1.28. The van der Waals surface area contributed by atoms with Crippen molar-refractivity contribution >= 4 is 0 Å². The van der Waals surface area contributed by atoms with Gasteiger partial charge in [-0.05, 0) is 30.2 Å². The lowest BCUT2D eigenvalue weighted by molar-refractivity contribution is 0.474. The molecule has 1 aromatic carbocycles. The van der Waals surface area contributed by atoms with E-state index in [0.717, 1.165) is 11.1 Å². The minimum atomic E-state index is -0.148. The maximum atomic E-state index is 9.13. The quantitative estimate of drug-likeness (QED) is 0.654. The molecule has 0 fully saturated rings. The highest BCUT2D eigenvalue weighted by atomic mass is 16.3. The van der Waals surface area contributed by atoms with Crippen LogP contribution in [0.4, 0.5) is 0 Å². The third-order valence-electron chi connectivity index (χ3n) is 1.87. The fourth-order valence-corrected chi connectivity index (χ4v) is 1.16. The van der Waals surface area contributed by atoms with Crippen molar-refractivity contribution in [3.63, 3.8) is 0 Å². The van der Waals surface area contributed by atoms with Crippen molar-refractivity contribution in [2.24, 2.45) is 5.73 Å². The molecule has 0 aromatic heterocycles. The monoisotopic (exact) mass is 163 g/mol. The number of phenolic OH excluding ortho intramolecular Hbond substituents is 1. The van der Waals surface area contributed by atoms with Crippen LogP contribution in [-0.4, -0.2) is 5.11 Å². The summed E-state index contributed by atoms with van der Waals surface area (Å²) in [6, 6.07) is 4.99. The molecule has 0 aliphatic rings. The second-order valence-corrected chi connectivity index (χ2v) is 2.80. The predicted octanol–water partition coefficient (Wildman–Crippen LogP) is 1.89. The Bertz CT molecular complexity index is 294. The van der Waals surface area contributed by atoms with Gasteiger partial charge in [0.05, 0.1) is 0 Å². The lowest BCUT2D eigenvalue weighted by Crippen LogP contribution is -2.07. The molecule has 1 atom stereocenters. The summed E-state index contributed by atoms with van der Waals surface area (Å²) in [5, 5.41) is 9.13. The second kappa shape index (κ2) is 3.41. The summed E-state index contributed by atoms with van der Waals surface area (Å²) in [5.74, 6) is 0.271. The number of nitrogens with two attached hydrogens (primary N) is 1. The topological polar surface area (TPSA) is 46.2 Å². The Labute approximate surface area is 72.3 Å². The summed E-state index contributed by atoms with van der Waals surface area (Å²) in [4.78, 5) is 0. The van der Waals surface area contributed by atoms with Crippen LogP contribution in [0.25, 0.3) is 0 Å². The maximum absolute atomic E-state index is 9.13. The average Bonchev–Trinajstić information content (AvgIpc) is 2.03. The Morgan fingerprint density at radius 3 is 2.75 bits per heavy atom. The summed E-state index contributed by atoms with van der Waals surface area (Å²) in [6.45, 7) is 5.53. The zero-order valence-corrected chi connectivity index (χ0v) is 7.12. The first-order valence-electron chi connectivity index (χ1n) is 3.83. The molecule has 64 valence electrons. The Kier molecular flexibility index (Phi) is 2.51.